The molecule has 14 heteroatoms. The molecule has 0 bridgehead atoms. The van der Waals surface area contributed by atoms with Crippen molar-refractivity contribution < 1.29 is 9.13 Å². The number of anilines is 4. The third-order valence-electron chi connectivity index (χ3n) is 11.1. The van der Waals surface area contributed by atoms with Gasteiger partial charge in [-0.15, -0.1) is 11.3 Å². The SMILES string of the molecule is CC(c1cccnc1N)N(C)c1nc(OC[C@@]23CCCN2CC(F)C3)nc(N2CC3(C2)c2c(sc(N)c2C#N)CN3C2CC2)c1C#N. The van der Waals surface area contributed by atoms with Gasteiger partial charge in [0.05, 0.1) is 22.7 Å². The Morgan fingerprint density at radius 2 is 2.00 bits per heavy atom. The van der Waals surface area contributed by atoms with Gasteiger partial charge in [0.25, 0.3) is 0 Å². The Labute approximate surface area is 277 Å². The molecule has 0 radical (unpaired) electrons. The van der Waals surface area contributed by atoms with Crippen LogP contribution < -0.4 is 26.0 Å². The summed E-state index contributed by atoms with van der Waals surface area (Å²) in [5.41, 5.74) is 14.6. The highest BCUT2D eigenvalue weighted by Gasteiger charge is 2.60. The van der Waals surface area contributed by atoms with Crippen LogP contribution >= 0.6 is 11.3 Å². The number of rotatable bonds is 8. The Kier molecular flexibility index (Phi) is 6.99. The van der Waals surface area contributed by atoms with Crippen molar-refractivity contribution in [3.8, 4) is 18.1 Å². The van der Waals surface area contributed by atoms with Crippen LogP contribution in [-0.4, -0.2) is 82.3 Å². The first-order valence-corrected chi connectivity index (χ1v) is 17.1. The fraction of sp³-hybridized carbons (Fsp3) is 0.545. The van der Waals surface area contributed by atoms with E-state index in [1.54, 1.807) is 6.20 Å². The summed E-state index contributed by atoms with van der Waals surface area (Å²) in [6.45, 7) is 5.43. The average Bonchev–Trinajstić information content (AvgIpc) is 3.49. The van der Waals surface area contributed by atoms with Crippen molar-refractivity contribution in [1.29, 1.82) is 10.5 Å². The molecule has 47 heavy (non-hydrogen) atoms. The maximum Gasteiger partial charge on any atom is 0.320 e. The van der Waals surface area contributed by atoms with Crippen LogP contribution in [0, 0.1) is 22.7 Å². The van der Waals surface area contributed by atoms with Crippen LogP contribution in [0.25, 0.3) is 0 Å². The highest BCUT2D eigenvalue weighted by molar-refractivity contribution is 7.16. The number of pyridine rings is 1. The molecule has 3 aromatic heterocycles. The van der Waals surface area contributed by atoms with E-state index < -0.39 is 6.17 Å². The quantitative estimate of drug-likeness (QED) is 0.363. The van der Waals surface area contributed by atoms with Gasteiger partial charge in [-0.25, -0.2) is 9.37 Å². The third kappa shape index (κ3) is 4.60. The molecule has 0 amide bonds. The molecular formula is C33H38FN11OS. The highest BCUT2D eigenvalue weighted by Crippen LogP contribution is 2.56. The van der Waals surface area contributed by atoms with Crippen LogP contribution in [0.2, 0.25) is 0 Å². The molecule has 0 aromatic carbocycles. The molecule has 3 aromatic rings. The van der Waals surface area contributed by atoms with E-state index in [2.05, 4.69) is 31.8 Å². The van der Waals surface area contributed by atoms with E-state index in [0.717, 1.165) is 54.8 Å². The van der Waals surface area contributed by atoms with Crippen molar-refractivity contribution in [3.05, 3.63) is 45.5 Å². The van der Waals surface area contributed by atoms with Gasteiger partial charge in [0.15, 0.2) is 11.6 Å². The van der Waals surface area contributed by atoms with Gasteiger partial charge in [0.2, 0.25) is 0 Å². The second kappa shape index (κ2) is 10.9. The Morgan fingerprint density at radius 1 is 1.21 bits per heavy atom. The van der Waals surface area contributed by atoms with Gasteiger partial charge in [-0.1, -0.05) is 6.07 Å². The predicted octanol–water partition coefficient (Wildman–Crippen LogP) is 3.69. The monoisotopic (exact) mass is 655 g/mol. The van der Waals surface area contributed by atoms with Crippen molar-refractivity contribution in [3.63, 3.8) is 0 Å². The molecule has 4 aliphatic heterocycles. The summed E-state index contributed by atoms with van der Waals surface area (Å²) in [6, 6.07) is 8.88. The first kappa shape index (κ1) is 30.1. The lowest BCUT2D eigenvalue weighted by atomic mass is 9.81. The van der Waals surface area contributed by atoms with Crippen LogP contribution in [0.4, 0.5) is 26.8 Å². The van der Waals surface area contributed by atoms with E-state index in [-0.39, 0.29) is 29.7 Å². The summed E-state index contributed by atoms with van der Waals surface area (Å²) in [5.74, 6) is 1.31. The topological polar surface area (TPSA) is 160 Å². The van der Waals surface area contributed by atoms with Crippen molar-refractivity contribution in [1.82, 2.24) is 24.8 Å². The number of nitriles is 2. The standard InChI is InChI=1S/C33H38FN11OS/c1-19(22-5-3-9-39-27(22)37)42(2)29-24(13-36)30(41-31(40-29)46-18-32-8-4-10-44(32)14-20(34)11-32)43-16-33(17-43)26-23(12-35)28(38)47-25(26)15-45(33)21-6-7-21/h3,5,9,19-21H,4,6-8,10-11,14-18,38H2,1-2H3,(H2,37,39)/t19?,20?,32-/m0/s1. The number of hydrogen-bond acceptors (Lipinski definition) is 13. The number of nitrogen functional groups attached to an aromatic ring is 2. The van der Waals surface area contributed by atoms with Gasteiger partial charge in [-0.2, -0.15) is 20.5 Å². The molecule has 1 saturated carbocycles. The van der Waals surface area contributed by atoms with Crippen molar-refractivity contribution in [2.24, 2.45) is 0 Å². The zero-order chi connectivity index (χ0) is 32.7. The zero-order valence-electron chi connectivity index (χ0n) is 26.6. The molecule has 3 saturated heterocycles. The molecule has 4 fully saturated rings. The lowest BCUT2D eigenvalue weighted by Crippen LogP contribution is -2.66. The van der Waals surface area contributed by atoms with E-state index >= 15 is 0 Å². The number of halogens is 1. The minimum atomic E-state index is -0.878. The van der Waals surface area contributed by atoms with Crippen LogP contribution in [0.15, 0.2) is 18.3 Å². The molecule has 8 rings (SSSR count). The number of thiophene rings is 1. The fourth-order valence-corrected chi connectivity index (χ4v) is 9.60. The number of fused-ring (bicyclic) bond motifs is 3. The molecule has 7 heterocycles. The van der Waals surface area contributed by atoms with Gasteiger partial charge in [-0.05, 0) is 45.2 Å². The maximum absolute atomic E-state index is 14.6. The summed E-state index contributed by atoms with van der Waals surface area (Å²) in [7, 11) is 1.87. The first-order valence-electron chi connectivity index (χ1n) is 16.3. The van der Waals surface area contributed by atoms with Crippen LogP contribution in [0.1, 0.15) is 72.2 Å². The smallest absolute Gasteiger partial charge is 0.320 e. The Hall–Kier alpha value is -4.24. The summed E-state index contributed by atoms with van der Waals surface area (Å²) >= 11 is 1.51. The zero-order valence-corrected chi connectivity index (χ0v) is 27.4. The molecule has 2 unspecified atom stereocenters. The fourth-order valence-electron chi connectivity index (χ4n) is 8.49. The molecule has 4 N–H and O–H groups in total. The van der Waals surface area contributed by atoms with E-state index in [4.69, 9.17) is 26.2 Å². The van der Waals surface area contributed by atoms with Crippen molar-refractivity contribution in [2.75, 3.05) is 61.1 Å². The minimum absolute atomic E-state index is 0.153. The average molecular weight is 656 g/mol. The van der Waals surface area contributed by atoms with E-state index in [1.807, 2.05) is 31.0 Å². The number of hydrogen-bond donors (Lipinski definition) is 2. The summed E-state index contributed by atoms with van der Waals surface area (Å²) in [6.07, 6.45) is 5.32. The van der Waals surface area contributed by atoms with Crippen molar-refractivity contribution >= 4 is 33.8 Å². The Balaban J connectivity index is 1.17. The Morgan fingerprint density at radius 3 is 2.72 bits per heavy atom. The number of ether oxygens (including phenoxy) is 1. The van der Waals surface area contributed by atoms with Crippen LogP contribution in [0.3, 0.4) is 0 Å². The Bertz CT molecular complexity index is 1830. The van der Waals surface area contributed by atoms with E-state index in [1.165, 1.54) is 11.3 Å². The van der Waals surface area contributed by atoms with E-state index in [9.17, 15) is 14.9 Å². The van der Waals surface area contributed by atoms with Crippen molar-refractivity contribution in [2.45, 2.75) is 74.9 Å². The lowest BCUT2D eigenvalue weighted by Gasteiger charge is -2.54. The molecule has 12 nitrogen and oxygen atoms in total. The van der Waals surface area contributed by atoms with Crippen LogP contribution in [0.5, 0.6) is 6.01 Å². The molecular weight excluding hydrogens is 618 g/mol. The largest absolute Gasteiger partial charge is 0.461 e. The molecule has 5 aliphatic rings. The highest BCUT2D eigenvalue weighted by atomic mass is 32.1. The van der Waals surface area contributed by atoms with Crippen LogP contribution in [-0.2, 0) is 12.1 Å². The second-order valence-electron chi connectivity index (χ2n) is 13.8. The summed E-state index contributed by atoms with van der Waals surface area (Å²) < 4.78 is 21.0. The third-order valence-corrected chi connectivity index (χ3v) is 12.1. The molecule has 3 atom stereocenters. The minimum Gasteiger partial charge on any atom is -0.461 e. The van der Waals surface area contributed by atoms with E-state index in [0.29, 0.717) is 65.7 Å². The number of aromatic nitrogens is 3. The number of nitrogens with zero attached hydrogens (tertiary/aromatic N) is 9. The maximum atomic E-state index is 14.6. The van der Waals surface area contributed by atoms with Gasteiger partial charge >= 0.3 is 6.01 Å². The first-order chi connectivity index (χ1) is 22.7. The second-order valence-corrected chi connectivity index (χ2v) is 14.9. The van der Waals surface area contributed by atoms with Gasteiger partial charge < -0.3 is 26.0 Å². The van der Waals surface area contributed by atoms with Gasteiger partial charge in [-0.3, -0.25) is 9.80 Å². The number of nitrogens with two attached hydrogens (primary N) is 2. The van der Waals surface area contributed by atoms with Gasteiger partial charge in [0.1, 0.15) is 41.3 Å². The predicted molar refractivity (Wildman–Crippen MR) is 177 cm³/mol. The summed E-state index contributed by atoms with van der Waals surface area (Å²) in [4.78, 5) is 23.9. The van der Waals surface area contributed by atoms with Gasteiger partial charge in [0, 0.05) is 67.9 Å². The molecule has 1 spiro atoms. The molecule has 1 aliphatic carbocycles. The number of alkyl halides is 1. The summed E-state index contributed by atoms with van der Waals surface area (Å²) in [5, 5.41) is 21.3. The molecule has 244 valence electrons. The lowest BCUT2D eigenvalue weighted by molar-refractivity contribution is 0.0612. The normalized spacial score (nSPS) is 25.2.